The molecule has 0 aliphatic heterocycles. The molecule has 0 atom stereocenters. The Labute approximate surface area is 75.1 Å². The van der Waals surface area contributed by atoms with Gasteiger partial charge in [0.25, 0.3) is 0 Å². The van der Waals surface area contributed by atoms with Crippen LogP contribution in [0.4, 0.5) is 0 Å². The molecule has 1 nitrogen and oxygen atoms in total. The zero-order valence-corrected chi connectivity index (χ0v) is 7.95. The van der Waals surface area contributed by atoms with E-state index in [1.165, 1.54) is 16.0 Å². The fourth-order valence-corrected chi connectivity index (χ4v) is 2.08. The third-order valence-corrected chi connectivity index (χ3v) is 2.97. The van der Waals surface area contributed by atoms with E-state index in [4.69, 9.17) is 4.18 Å². The van der Waals surface area contributed by atoms with Crippen LogP contribution in [0.2, 0.25) is 0 Å². The average molecular weight is 186 g/mol. The first-order valence-electron chi connectivity index (χ1n) is 3.44. The van der Waals surface area contributed by atoms with Crippen molar-refractivity contribution in [2.75, 3.05) is 6.61 Å². The number of benzene rings is 1. The molecule has 1 aromatic rings. The summed E-state index contributed by atoms with van der Waals surface area (Å²) in [4.78, 5) is 1.23. The largest absolute Gasteiger partial charge is 0.305 e. The highest BCUT2D eigenvalue weighted by molar-refractivity contribution is 8.74. The van der Waals surface area contributed by atoms with Gasteiger partial charge >= 0.3 is 0 Å². The maximum Gasteiger partial charge on any atom is 0.0674 e. The molecular formula is C8H10OS2. The van der Waals surface area contributed by atoms with Crippen LogP contribution >= 0.6 is 21.9 Å². The Bertz CT molecular complexity index is 189. The van der Waals surface area contributed by atoms with E-state index in [2.05, 4.69) is 12.1 Å². The predicted molar refractivity (Wildman–Crippen MR) is 51.5 cm³/mol. The summed E-state index contributed by atoms with van der Waals surface area (Å²) in [6.45, 7) is 2.74. The van der Waals surface area contributed by atoms with Crippen LogP contribution in [-0.2, 0) is 4.18 Å². The summed E-state index contributed by atoms with van der Waals surface area (Å²) in [7, 11) is 1.64. The lowest BCUT2D eigenvalue weighted by Crippen LogP contribution is -1.72. The Balaban J connectivity index is 2.28. The maximum absolute atomic E-state index is 5.12. The zero-order chi connectivity index (χ0) is 7.94. The molecule has 0 N–H and O–H groups in total. The van der Waals surface area contributed by atoms with Gasteiger partial charge in [-0.1, -0.05) is 18.2 Å². The predicted octanol–water partition coefficient (Wildman–Crippen LogP) is 3.38. The third-order valence-electron chi connectivity index (χ3n) is 1.04. The first kappa shape index (κ1) is 8.97. The third kappa shape index (κ3) is 3.70. The standard InChI is InChI=1S/C8H10OS2/c1-2-9-11-10-8-6-4-3-5-7-8/h3-7H,2H2,1H3. The van der Waals surface area contributed by atoms with Crippen LogP contribution in [0.25, 0.3) is 0 Å². The van der Waals surface area contributed by atoms with Crippen molar-refractivity contribution in [1.29, 1.82) is 0 Å². The van der Waals surface area contributed by atoms with Crippen LogP contribution in [0.1, 0.15) is 6.92 Å². The summed E-state index contributed by atoms with van der Waals surface area (Å²) in [5, 5.41) is 0. The van der Waals surface area contributed by atoms with Crippen molar-refractivity contribution in [3.8, 4) is 0 Å². The minimum Gasteiger partial charge on any atom is -0.305 e. The van der Waals surface area contributed by atoms with Gasteiger partial charge in [0.2, 0.25) is 0 Å². The molecule has 0 unspecified atom stereocenters. The quantitative estimate of drug-likeness (QED) is 0.405. The van der Waals surface area contributed by atoms with E-state index in [-0.39, 0.29) is 0 Å². The number of hydrogen-bond donors (Lipinski definition) is 0. The number of hydrogen-bond acceptors (Lipinski definition) is 3. The second kappa shape index (κ2) is 5.52. The lowest BCUT2D eigenvalue weighted by Gasteiger charge is -1.97. The SMILES string of the molecule is CCOSSc1ccccc1. The van der Waals surface area contributed by atoms with Crippen LogP contribution in [0.3, 0.4) is 0 Å². The zero-order valence-electron chi connectivity index (χ0n) is 6.32. The van der Waals surface area contributed by atoms with Gasteiger partial charge in [0.1, 0.15) is 0 Å². The maximum atomic E-state index is 5.12. The van der Waals surface area contributed by atoms with Crippen molar-refractivity contribution in [2.24, 2.45) is 0 Å². The molecule has 1 aromatic carbocycles. The van der Waals surface area contributed by atoms with Crippen LogP contribution in [-0.4, -0.2) is 6.61 Å². The van der Waals surface area contributed by atoms with Gasteiger partial charge in [-0.25, -0.2) is 0 Å². The van der Waals surface area contributed by atoms with Crippen molar-refractivity contribution in [3.05, 3.63) is 30.3 Å². The van der Waals surface area contributed by atoms with E-state index in [1.54, 1.807) is 10.8 Å². The smallest absolute Gasteiger partial charge is 0.0674 e. The molecule has 0 radical (unpaired) electrons. The lowest BCUT2D eigenvalue weighted by molar-refractivity contribution is 0.408. The van der Waals surface area contributed by atoms with Gasteiger partial charge in [0.15, 0.2) is 0 Å². The van der Waals surface area contributed by atoms with E-state index in [0.717, 1.165) is 6.61 Å². The fraction of sp³-hybridized carbons (Fsp3) is 0.250. The molecule has 0 saturated carbocycles. The van der Waals surface area contributed by atoms with Gasteiger partial charge in [-0.2, -0.15) is 0 Å². The first-order valence-corrected chi connectivity index (χ1v) is 5.52. The molecule has 0 aromatic heterocycles. The molecule has 3 heteroatoms. The van der Waals surface area contributed by atoms with Crippen LogP contribution < -0.4 is 0 Å². The van der Waals surface area contributed by atoms with Crippen molar-refractivity contribution in [2.45, 2.75) is 11.8 Å². The van der Waals surface area contributed by atoms with Crippen molar-refractivity contribution in [3.63, 3.8) is 0 Å². The van der Waals surface area contributed by atoms with Crippen LogP contribution in [0, 0.1) is 0 Å². The minimum absolute atomic E-state index is 0.754. The minimum atomic E-state index is 0.754. The summed E-state index contributed by atoms with van der Waals surface area (Å²) in [5.74, 6) is 0. The summed E-state index contributed by atoms with van der Waals surface area (Å²) in [6.07, 6.45) is 0. The molecule has 0 saturated heterocycles. The Kier molecular flexibility index (Phi) is 4.50. The lowest BCUT2D eigenvalue weighted by atomic mass is 10.4. The molecule has 1 rings (SSSR count). The van der Waals surface area contributed by atoms with Gasteiger partial charge in [-0.15, -0.1) is 0 Å². The Hall–Kier alpha value is -0.120. The van der Waals surface area contributed by atoms with Crippen LogP contribution in [0.5, 0.6) is 0 Å². The second-order valence-corrected chi connectivity index (χ2v) is 3.79. The Morgan fingerprint density at radius 1 is 1.27 bits per heavy atom. The molecule has 0 heterocycles. The molecule has 11 heavy (non-hydrogen) atoms. The van der Waals surface area contributed by atoms with Crippen molar-refractivity contribution >= 4 is 21.9 Å². The molecule has 60 valence electrons. The second-order valence-electron chi connectivity index (χ2n) is 1.87. The molecule has 0 fully saturated rings. The van der Waals surface area contributed by atoms with Gasteiger partial charge in [0, 0.05) is 4.90 Å². The van der Waals surface area contributed by atoms with Crippen molar-refractivity contribution in [1.82, 2.24) is 0 Å². The topological polar surface area (TPSA) is 9.23 Å². The fourth-order valence-electron chi connectivity index (χ4n) is 0.588. The van der Waals surface area contributed by atoms with Gasteiger partial charge in [-0.3, -0.25) is 0 Å². The van der Waals surface area contributed by atoms with E-state index < -0.39 is 0 Å². The van der Waals surface area contributed by atoms with Crippen LogP contribution in [0.15, 0.2) is 35.2 Å². The Morgan fingerprint density at radius 3 is 2.64 bits per heavy atom. The summed E-state index contributed by atoms with van der Waals surface area (Å²) in [5.41, 5.74) is 0. The van der Waals surface area contributed by atoms with E-state index >= 15 is 0 Å². The first-order chi connectivity index (χ1) is 5.43. The highest BCUT2D eigenvalue weighted by Crippen LogP contribution is 2.30. The molecule has 0 aliphatic rings. The van der Waals surface area contributed by atoms with Gasteiger partial charge in [-0.05, 0) is 29.9 Å². The number of rotatable bonds is 4. The van der Waals surface area contributed by atoms with Gasteiger partial charge < -0.3 is 4.18 Å². The summed E-state index contributed by atoms with van der Waals surface area (Å²) >= 11 is 1.42. The average Bonchev–Trinajstić information content (AvgIpc) is 2.07. The summed E-state index contributed by atoms with van der Waals surface area (Å²) in [6, 6.07) is 10.2. The monoisotopic (exact) mass is 186 g/mol. The van der Waals surface area contributed by atoms with E-state index in [0.29, 0.717) is 0 Å². The molecule has 0 spiro atoms. The highest BCUT2D eigenvalue weighted by atomic mass is 33.1. The summed E-state index contributed by atoms with van der Waals surface area (Å²) < 4.78 is 5.12. The van der Waals surface area contributed by atoms with Gasteiger partial charge in [0.05, 0.1) is 17.7 Å². The molecule has 0 aliphatic carbocycles. The van der Waals surface area contributed by atoms with E-state index in [1.807, 2.05) is 25.1 Å². The molecule has 0 amide bonds. The van der Waals surface area contributed by atoms with E-state index in [9.17, 15) is 0 Å². The highest BCUT2D eigenvalue weighted by Gasteiger charge is 1.91. The normalized spacial score (nSPS) is 9.91. The Morgan fingerprint density at radius 2 is 2.00 bits per heavy atom. The molecular weight excluding hydrogens is 176 g/mol. The van der Waals surface area contributed by atoms with Crippen molar-refractivity contribution < 1.29 is 4.18 Å². The molecule has 0 bridgehead atoms.